The highest BCUT2D eigenvalue weighted by atomic mass is 32.2. The summed E-state index contributed by atoms with van der Waals surface area (Å²) in [6, 6.07) is 7.39. The second-order valence-corrected chi connectivity index (χ2v) is 6.18. The number of fused-ring (bicyclic) bond motifs is 1. The summed E-state index contributed by atoms with van der Waals surface area (Å²) >= 11 is 0. The smallest absolute Gasteiger partial charge is 0.349 e. The van der Waals surface area contributed by atoms with Crippen LogP contribution < -0.4 is 9.64 Å². The topological polar surface area (TPSA) is 96.3 Å². The summed E-state index contributed by atoms with van der Waals surface area (Å²) < 4.78 is 32.3. The maximum absolute atomic E-state index is 11.6. The number of carboxylic acid groups (broad SMARTS) is 1. The van der Waals surface area contributed by atoms with Crippen LogP contribution in [0.4, 0.5) is 5.69 Å². The summed E-state index contributed by atoms with van der Waals surface area (Å²) in [5.41, 5.74) is 1.05. The van der Waals surface area contributed by atoms with Gasteiger partial charge in [-0.05, 0) is 18.2 Å². The van der Waals surface area contributed by atoms with E-state index in [-0.39, 0.29) is 12.3 Å². The first kappa shape index (κ1) is 13.6. The van der Waals surface area contributed by atoms with Gasteiger partial charge in [0, 0.05) is 0 Å². The van der Waals surface area contributed by atoms with E-state index >= 15 is 0 Å². The average Bonchev–Trinajstić information content (AvgIpc) is 2.74. The number of sulfonamides is 1. The lowest BCUT2D eigenvalue weighted by atomic mass is 10.2. The number of aliphatic carboxylic acids is 1. The summed E-state index contributed by atoms with van der Waals surface area (Å²) in [6.45, 7) is 1.27. The van der Waals surface area contributed by atoms with E-state index in [0.717, 1.165) is 11.8 Å². The number of rotatable bonds is 3. The van der Waals surface area contributed by atoms with Crippen LogP contribution in [0.1, 0.15) is 0 Å². The number of hydrogen-bond acceptors (Lipinski definition) is 5. The van der Waals surface area contributed by atoms with Crippen LogP contribution in [0, 0.1) is 0 Å². The zero-order chi connectivity index (χ0) is 15.0. The molecule has 110 valence electrons. The maximum atomic E-state index is 11.6. The van der Waals surface area contributed by atoms with Crippen molar-refractivity contribution < 1.29 is 23.1 Å². The van der Waals surface area contributed by atoms with Crippen molar-refractivity contribution in [2.75, 3.05) is 24.6 Å². The van der Waals surface area contributed by atoms with Crippen molar-refractivity contribution in [3.63, 3.8) is 0 Å². The molecular formula is C13H12N2O5S. The highest BCUT2D eigenvalue weighted by Crippen LogP contribution is 2.31. The van der Waals surface area contributed by atoms with Crippen molar-refractivity contribution in [2.24, 2.45) is 4.40 Å². The van der Waals surface area contributed by atoms with Crippen LogP contribution in [0.3, 0.4) is 0 Å². The average molecular weight is 308 g/mol. The van der Waals surface area contributed by atoms with Crippen LogP contribution in [0.15, 0.2) is 39.6 Å². The van der Waals surface area contributed by atoms with Gasteiger partial charge >= 0.3 is 5.97 Å². The number of para-hydroxylation sites is 2. The van der Waals surface area contributed by atoms with Crippen LogP contribution in [-0.2, 0) is 14.8 Å². The molecule has 7 nitrogen and oxygen atoms in total. The summed E-state index contributed by atoms with van der Waals surface area (Å²) in [4.78, 5) is 12.1. The third kappa shape index (κ3) is 2.49. The number of hydrogen-bond donors (Lipinski definition) is 1. The van der Waals surface area contributed by atoms with Gasteiger partial charge in [-0.2, -0.15) is 12.8 Å². The zero-order valence-electron chi connectivity index (χ0n) is 10.9. The molecule has 2 aliphatic heterocycles. The SMILES string of the molecule is O=C(O)C1=CC(CN2CCOc3ccccc32)=NS1(=O)=O. The third-order valence-electron chi connectivity index (χ3n) is 3.20. The summed E-state index contributed by atoms with van der Waals surface area (Å²) in [7, 11) is -4.07. The first-order valence-corrected chi connectivity index (χ1v) is 7.67. The monoisotopic (exact) mass is 308 g/mol. The van der Waals surface area contributed by atoms with Gasteiger partial charge in [-0.15, -0.1) is 0 Å². The lowest BCUT2D eigenvalue weighted by Gasteiger charge is -2.30. The Hall–Kier alpha value is -2.35. The lowest BCUT2D eigenvalue weighted by molar-refractivity contribution is -0.131. The molecule has 8 heteroatoms. The standard InChI is InChI=1S/C13H12N2O5S/c16-13(17)12-7-9(14-21(12,18)19)8-15-5-6-20-11-4-2-1-3-10(11)15/h1-4,7H,5-6,8H2,(H,16,17). The van der Waals surface area contributed by atoms with Gasteiger partial charge < -0.3 is 14.7 Å². The molecule has 21 heavy (non-hydrogen) atoms. The minimum Gasteiger partial charge on any atom is -0.490 e. The second-order valence-electron chi connectivity index (χ2n) is 4.61. The molecule has 0 fully saturated rings. The Morgan fingerprint density at radius 3 is 2.86 bits per heavy atom. The molecule has 0 saturated heterocycles. The molecular weight excluding hydrogens is 296 g/mol. The molecule has 0 bridgehead atoms. The number of carboxylic acids is 1. The zero-order valence-corrected chi connectivity index (χ0v) is 11.7. The lowest BCUT2D eigenvalue weighted by Crippen LogP contribution is -2.36. The fraction of sp³-hybridized carbons (Fsp3) is 0.231. The minimum atomic E-state index is -4.07. The third-order valence-corrected chi connectivity index (χ3v) is 4.52. The minimum absolute atomic E-state index is 0.212. The first-order chi connectivity index (χ1) is 9.97. The molecule has 0 aromatic heterocycles. The number of ether oxygens (including phenoxy) is 1. The molecule has 0 spiro atoms. The predicted octanol–water partition coefficient (Wildman–Crippen LogP) is 0.638. The Bertz CT molecular complexity index is 767. The van der Waals surface area contributed by atoms with Crippen LogP contribution in [0.5, 0.6) is 5.75 Å². The summed E-state index contributed by atoms with van der Waals surface area (Å²) in [5, 5.41) is 8.88. The van der Waals surface area contributed by atoms with Gasteiger partial charge in [-0.1, -0.05) is 12.1 Å². The number of anilines is 1. The van der Waals surface area contributed by atoms with Crippen LogP contribution in [-0.4, -0.2) is 44.9 Å². The summed E-state index contributed by atoms with van der Waals surface area (Å²) in [5.74, 6) is -0.774. The van der Waals surface area contributed by atoms with Crippen LogP contribution in [0.2, 0.25) is 0 Å². The molecule has 0 unspecified atom stereocenters. The van der Waals surface area contributed by atoms with Crippen LogP contribution in [0.25, 0.3) is 0 Å². The van der Waals surface area contributed by atoms with Gasteiger partial charge in [0.05, 0.1) is 24.5 Å². The van der Waals surface area contributed by atoms with Crippen molar-refractivity contribution in [1.29, 1.82) is 0 Å². The van der Waals surface area contributed by atoms with Gasteiger partial charge in [-0.25, -0.2) is 4.79 Å². The van der Waals surface area contributed by atoms with Crippen molar-refractivity contribution in [3.05, 3.63) is 35.2 Å². The van der Waals surface area contributed by atoms with E-state index in [2.05, 4.69) is 4.40 Å². The van der Waals surface area contributed by atoms with Crippen molar-refractivity contribution in [1.82, 2.24) is 0 Å². The summed E-state index contributed by atoms with van der Waals surface area (Å²) in [6.07, 6.45) is 1.11. The van der Waals surface area contributed by atoms with Gasteiger partial charge in [0.15, 0.2) is 4.91 Å². The number of nitrogens with zero attached hydrogens (tertiary/aromatic N) is 2. The maximum Gasteiger partial charge on any atom is 0.349 e. The van der Waals surface area contributed by atoms with E-state index in [9.17, 15) is 13.2 Å². The van der Waals surface area contributed by atoms with E-state index in [1.165, 1.54) is 0 Å². The quantitative estimate of drug-likeness (QED) is 0.880. The second kappa shape index (κ2) is 4.88. The van der Waals surface area contributed by atoms with Crippen LogP contribution >= 0.6 is 0 Å². The van der Waals surface area contributed by atoms with Crippen molar-refractivity contribution >= 4 is 27.4 Å². The molecule has 0 aliphatic carbocycles. The Morgan fingerprint density at radius 1 is 1.38 bits per heavy atom. The van der Waals surface area contributed by atoms with E-state index in [1.807, 2.05) is 29.2 Å². The van der Waals surface area contributed by atoms with Gasteiger partial charge in [-0.3, -0.25) is 0 Å². The fourth-order valence-corrected chi connectivity index (χ4v) is 3.31. The van der Waals surface area contributed by atoms with Gasteiger partial charge in [0.1, 0.15) is 12.4 Å². The molecule has 3 rings (SSSR count). The highest BCUT2D eigenvalue weighted by Gasteiger charge is 2.31. The largest absolute Gasteiger partial charge is 0.490 e. The highest BCUT2D eigenvalue weighted by molar-refractivity contribution is 7.95. The number of benzene rings is 1. The predicted molar refractivity (Wildman–Crippen MR) is 76.2 cm³/mol. The van der Waals surface area contributed by atoms with E-state index in [4.69, 9.17) is 9.84 Å². The van der Waals surface area contributed by atoms with Crippen molar-refractivity contribution in [3.8, 4) is 5.75 Å². The molecule has 0 amide bonds. The van der Waals surface area contributed by atoms with Gasteiger partial charge in [0.25, 0.3) is 10.0 Å². The molecule has 2 aliphatic rings. The fourth-order valence-electron chi connectivity index (χ4n) is 2.29. The first-order valence-electron chi connectivity index (χ1n) is 6.23. The molecule has 2 heterocycles. The van der Waals surface area contributed by atoms with E-state index < -0.39 is 20.9 Å². The Balaban J connectivity index is 1.88. The molecule has 1 aromatic carbocycles. The molecule has 0 saturated carbocycles. The molecule has 1 aromatic rings. The van der Waals surface area contributed by atoms with Crippen molar-refractivity contribution in [2.45, 2.75) is 0 Å². The Morgan fingerprint density at radius 2 is 2.14 bits per heavy atom. The molecule has 1 N–H and O–H groups in total. The molecule has 0 atom stereocenters. The number of carbonyl (C=O) groups is 1. The molecule has 0 radical (unpaired) electrons. The normalized spacial score (nSPS) is 19.3. The van der Waals surface area contributed by atoms with Gasteiger partial charge in [0.2, 0.25) is 0 Å². The van der Waals surface area contributed by atoms with E-state index in [1.54, 1.807) is 0 Å². The van der Waals surface area contributed by atoms with E-state index in [0.29, 0.717) is 18.9 Å². The Kier molecular flexibility index (Phi) is 3.17. The Labute approximate surface area is 121 Å².